The zero-order valence-electron chi connectivity index (χ0n) is 18.2. The number of halogens is 2. The van der Waals surface area contributed by atoms with Gasteiger partial charge >= 0.3 is 12.1 Å². The van der Waals surface area contributed by atoms with E-state index in [2.05, 4.69) is 0 Å². The molecule has 0 aromatic heterocycles. The van der Waals surface area contributed by atoms with Crippen molar-refractivity contribution < 1.29 is 28.5 Å². The molecule has 1 aromatic carbocycles. The highest BCUT2D eigenvalue weighted by Gasteiger charge is 2.66. The lowest BCUT2D eigenvalue weighted by atomic mass is 9.68. The summed E-state index contributed by atoms with van der Waals surface area (Å²) < 4.78 is 22.7. The van der Waals surface area contributed by atoms with Crippen molar-refractivity contribution in [3.8, 4) is 0 Å². The number of carbonyl (C=O) groups is 2. The molecule has 1 aliphatic carbocycles. The Balaban J connectivity index is 1.89. The number of unbranched alkanes of at least 4 members (excludes halogenated alkanes) is 1. The molecule has 1 saturated carbocycles. The van der Waals surface area contributed by atoms with Crippen molar-refractivity contribution >= 4 is 35.3 Å². The Hall–Kier alpha value is -1.50. The minimum atomic E-state index is -1.09. The van der Waals surface area contributed by atoms with Crippen LogP contribution in [0.25, 0.3) is 0 Å². The lowest BCUT2D eigenvalue weighted by molar-refractivity contribution is -0.234. The molecule has 8 heteroatoms. The Labute approximate surface area is 193 Å². The van der Waals surface area contributed by atoms with Gasteiger partial charge in [-0.25, -0.2) is 4.79 Å². The van der Waals surface area contributed by atoms with Crippen molar-refractivity contribution in [1.29, 1.82) is 0 Å². The van der Waals surface area contributed by atoms with E-state index in [1.165, 1.54) is 0 Å². The summed E-state index contributed by atoms with van der Waals surface area (Å²) in [7, 11) is 0. The minimum Gasteiger partial charge on any atom is -0.455 e. The number of hydrogen-bond donors (Lipinski definition) is 0. The Morgan fingerprint density at radius 2 is 1.97 bits per heavy atom. The van der Waals surface area contributed by atoms with E-state index in [1.807, 2.05) is 13.8 Å². The van der Waals surface area contributed by atoms with Gasteiger partial charge in [0.1, 0.15) is 17.1 Å². The molecule has 1 spiro atoms. The Morgan fingerprint density at radius 1 is 1.26 bits per heavy atom. The van der Waals surface area contributed by atoms with Crippen molar-refractivity contribution in [3.05, 3.63) is 33.8 Å². The molecule has 0 bridgehead atoms. The summed E-state index contributed by atoms with van der Waals surface area (Å²) in [4.78, 5) is 25.2. The Bertz CT molecular complexity index is 807. The fraction of sp³-hybridized carbons (Fsp3) is 0.652. The quantitative estimate of drug-likeness (QED) is 0.259. The summed E-state index contributed by atoms with van der Waals surface area (Å²) in [6, 6.07) is 5.01. The SMILES string of the molecule is CCCCOC(=O)OC(C)OC1(C)C(c2ccc(Cl)cc2Cl)C(=O)OC12CCCCC2. The summed E-state index contributed by atoms with van der Waals surface area (Å²) in [6.45, 7) is 5.76. The zero-order valence-corrected chi connectivity index (χ0v) is 19.8. The van der Waals surface area contributed by atoms with Crippen LogP contribution in [0.3, 0.4) is 0 Å². The summed E-state index contributed by atoms with van der Waals surface area (Å²) >= 11 is 12.5. The smallest absolute Gasteiger partial charge is 0.455 e. The Kier molecular flexibility index (Phi) is 7.76. The summed E-state index contributed by atoms with van der Waals surface area (Å²) in [6.07, 6.45) is 4.17. The fourth-order valence-electron chi connectivity index (χ4n) is 4.74. The van der Waals surface area contributed by atoms with Crippen LogP contribution in [-0.4, -0.2) is 36.2 Å². The van der Waals surface area contributed by atoms with Crippen LogP contribution in [0.15, 0.2) is 18.2 Å². The maximum atomic E-state index is 13.2. The monoisotopic (exact) mass is 472 g/mol. The first-order valence-corrected chi connectivity index (χ1v) is 11.7. The van der Waals surface area contributed by atoms with Crippen LogP contribution in [0.2, 0.25) is 10.0 Å². The first kappa shape index (κ1) is 24.1. The van der Waals surface area contributed by atoms with Gasteiger partial charge in [0, 0.05) is 10.0 Å². The molecule has 2 aliphatic rings. The molecule has 1 aliphatic heterocycles. The zero-order chi connectivity index (χ0) is 22.6. The van der Waals surface area contributed by atoms with Gasteiger partial charge in [-0.15, -0.1) is 0 Å². The number of ether oxygens (including phenoxy) is 4. The van der Waals surface area contributed by atoms with Gasteiger partial charge in [0.05, 0.1) is 6.61 Å². The number of rotatable bonds is 7. The van der Waals surface area contributed by atoms with Gasteiger partial charge in [0.15, 0.2) is 0 Å². The molecule has 31 heavy (non-hydrogen) atoms. The second-order valence-electron chi connectivity index (χ2n) is 8.44. The van der Waals surface area contributed by atoms with Crippen molar-refractivity contribution in [2.24, 2.45) is 0 Å². The third kappa shape index (κ3) is 4.96. The minimum absolute atomic E-state index is 0.286. The lowest BCUT2D eigenvalue weighted by Gasteiger charge is -2.45. The highest BCUT2D eigenvalue weighted by Crippen LogP contribution is 2.56. The number of esters is 1. The normalized spacial score (nSPS) is 25.8. The first-order valence-electron chi connectivity index (χ1n) is 10.9. The third-order valence-corrected chi connectivity index (χ3v) is 6.88. The van der Waals surface area contributed by atoms with Gasteiger partial charge in [-0.3, -0.25) is 4.79 Å². The molecule has 1 aromatic rings. The predicted molar refractivity (Wildman–Crippen MR) is 117 cm³/mol. The van der Waals surface area contributed by atoms with Gasteiger partial charge in [-0.2, -0.15) is 0 Å². The maximum Gasteiger partial charge on any atom is 0.510 e. The second-order valence-corrected chi connectivity index (χ2v) is 9.28. The van der Waals surface area contributed by atoms with E-state index in [0.29, 0.717) is 28.5 Å². The highest BCUT2D eigenvalue weighted by atomic mass is 35.5. The molecule has 2 fully saturated rings. The van der Waals surface area contributed by atoms with Crippen LogP contribution in [0, 0.1) is 0 Å². The number of hydrogen-bond acceptors (Lipinski definition) is 6. The third-order valence-electron chi connectivity index (χ3n) is 6.31. The van der Waals surface area contributed by atoms with Gasteiger partial charge in [-0.05, 0) is 63.6 Å². The van der Waals surface area contributed by atoms with Crippen LogP contribution in [0.5, 0.6) is 0 Å². The van der Waals surface area contributed by atoms with Crippen LogP contribution in [-0.2, 0) is 23.7 Å². The molecule has 1 heterocycles. The van der Waals surface area contributed by atoms with E-state index < -0.39 is 35.5 Å². The average molecular weight is 473 g/mol. The van der Waals surface area contributed by atoms with E-state index in [0.717, 1.165) is 32.1 Å². The molecule has 6 nitrogen and oxygen atoms in total. The molecule has 3 atom stereocenters. The molecule has 3 rings (SSSR count). The molecular weight excluding hydrogens is 443 g/mol. The van der Waals surface area contributed by atoms with Crippen molar-refractivity contribution in [3.63, 3.8) is 0 Å². The van der Waals surface area contributed by atoms with Gasteiger partial charge in [-0.1, -0.05) is 49.0 Å². The highest BCUT2D eigenvalue weighted by molar-refractivity contribution is 6.35. The number of benzene rings is 1. The average Bonchev–Trinajstić information content (AvgIpc) is 2.89. The summed E-state index contributed by atoms with van der Waals surface area (Å²) in [5.41, 5.74) is -1.33. The lowest BCUT2D eigenvalue weighted by Crippen LogP contribution is -2.55. The van der Waals surface area contributed by atoms with E-state index in [-0.39, 0.29) is 6.61 Å². The van der Waals surface area contributed by atoms with Gasteiger partial charge in [0.2, 0.25) is 6.29 Å². The fourth-order valence-corrected chi connectivity index (χ4v) is 5.25. The standard InChI is InChI=1S/C23H30Cl2O6/c1-4-5-13-28-21(27)29-15(2)30-22(3)19(17-10-9-16(24)14-18(17)25)20(26)31-23(22)11-7-6-8-12-23/h9-10,14-15,19H,4-8,11-13H2,1-3H3. The van der Waals surface area contributed by atoms with Gasteiger partial charge in [0.25, 0.3) is 0 Å². The first-order chi connectivity index (χ1) is 14.7. The maximum absolute atomic E-state index is 13.2. The van der Waals surface area contributed by atoms with Gasteiger partial charge < -0.3 is 18.9 Å². The van der Waals surface area contributed by atoms with E-state index in [9.17, 15) is 9.59 Å². The predicted octanol–water partition coefficient (Wildman–Crippen LogP) is 6.41. The summed E-state index contributed by atoms with van der Waals surface area (Å²) in [5.74, 6) is -1.18. The molecule has 3 unspecified atom stereocenters. The molecule has 0 N–H and O–H groups in total. The van der Waals surface area contributed by atoms with Crippen molar-refractivity contribution in [1.82, 2.24) is 0 Å². The van der Waals surface area contributed by atoms with Crippen LogP contribution in [0.4, 0.5) is 4.79 Å². The van der Waals surface area contributed by atoms with E-state index in [1.54, 1.807) is 25.1 Å². The van der Waals surface area contributed by atoms with Crippen LogP contribution in [0.1, 0.15) is 77.2 Å². The number of carbonyl (C=O) groups excluding carboxylic acids is 2. The molecule has 172 valence electrons. The largest absolute Gasteiger partial charge is 0.510 e. The molecular formula is C23H30Cl2O6. The van der Waals surface area contributed by atoms with Crippen molar-refractivity contribution in [2.75, 3.05) is 6.61 Å². The van der Waals surface area contributed by atoms with Crippen LogP contribution >= 0.6 is 23.2 Å². The van der Waals surface area contributed by atoms with E-state index in [4.69, 9.17) is 42.1 Å². The summed E-state index contributed by atoms with van der Waals surface area (Å²) in [5, 5.41) is 0.839. The van der Waals surface area contributed by atoms with Crippen LogP contribution < -0.4 is 0 Å². The molecule has 1 saturated heterocycles. The molecule has 0 amide bonds. The van der Waals surface area contributed by atoms with E-state index >= 15 is 0 Å². The second kappa shape index (κ2) is 9.97. The molecule has 0 radical (unpaired) electrons. The Morgan fingerprint density at radius 3 is 2.61 bits per heavy atom. The topological polar surface area (TPSA) is 71.1 Å². The van der Waals surface area contributed by atoms with Crippen molar-refractivity contribution in [2.45, 2.75) is 89.1 Å².